The minimum atomic E-state index is -0.0269. The van der Waals surface area contributed by atoms with Gasteiger partial charge in [0.15, 0.2) is 0 Å². The SMILES string of the molecule is CC.CC.CC(=O)Nc1cccc(C(C)C)c1. The molecule has 0 aliphatic carbocycles. The number of carbonyl (C=O) groups excluding carboxylic acids is 1. The molecule has 17 heavy (non-hydrogen) atoms. The highest BCUT2D eigenvalue weighted by Crippen LogP contribution is 2.18. The second-order valence-corrected chi connectivity index (χ2v) is 3.46. The van der Waals surface area contributed by atoms with Crippen molar-refractivity contribution in [2.75, 3.05) is 5.32 Å². The van der Waals surface area contributed by atoms with E-state index in [-0.39, 0.29) is 5.91 Å². The molecule has 0 atom stereocenters. The van der Waals surface area contributed by atoms with Crippen LogP contribution in [0.5, 0.6) is 0 Å². The second kappa shape index (κ2) is 11.2. The van der Waals surface area contributed by atoms with Crippen LogP contribution in [-0.2, 0) is 4.79 Å². The average molecular weight is 237 g/mol. The topological polar surface area (TPSA) is 29.1 Å². The average Bonchev–Trinajstić information content (AvgIpc) is 2.33. The Kier molecular flexibility index (Phi) is 11.9. The standard InChI is InChI=1S/C11H15NO.2C2H6/c1-8(2)10-5-4-6-11(7-10)12-9(3)13;2*1-2/h4-8H,1-3H3,(H,12,13);2*1-2H3. The summed E-state index contributed by atoms with van der Waals surface area (Å²) in [5.41, 5.74) is 2.12. The summed E-state index contributed by atoms with van der Waals surface area (Å²) < 4.78 is 0. The monoisotopic (exact) mass is 237 g/mol. The van der Waals surface area contributed by atoms with Crippen LogP contribution in [0.25, 0.3) is 0 Å². The number of hydrogen-bond acceptors (Lipinski definition) is 1. The van der Waals surface area contributed by atoms with Crippen LogP contribution in [0.2, 0.25) is 0 Å². The Labute approximate surface area is 106 Å². The van der Waals surface area contributed by atoms with Gasteiger partial charge in [0.1, 0.15) is 0 Å². The maximum absolute atomic E-state index is 10.8. The molecule has 2 nitrogen and oxygen atoms in total. The molecular formula is C15H27NO. The van der Waals surface area contributed by atoms with Gasteiger partial charge in [-0.2, -0.15) is 0 Å². The van der Waals surface area contributed by atoms with E-state index < -0.39 is 0 Å². The van der Waals surface area contributed by atoms with Crippen LogP contribution in [0.15, 0.2) is 24.3 Å². The summed E-state index contributed by atoms with van der Waals surface area (Å²) in [6, 6.07) is 7.93. The van der Waals surface area contributed by atoms with Crippen molar-refractivity contribution in [2.24, 2.45) is 0 Å². The van der Waals surface area contributed by atoms with Crippen molar-refractivity contribution in [2.45, 2.75) is 54.4 Å². The number of amides is 1. The summed E-state index contributed by atoms with van der Waals surface area (Å²) in [5, 5.41) is 2.76. The van der Waals surface area contributed by atoms with Gasteiger partial charge in [-0.3, -0.25) is 4.79 Å². The molecule has 1 aromatic carbocycles. The number of anilines is 1. The summed E-state index contributed by atoms with van der Waals surface area (Å²) in [7, 11) is 0. The predicted molar refractivity (Wildman–Crippen MR) is 77.5 cm³/mol. The zero-order valence-electron chi connectivity index (χ0n) is 12.3. The highest BCUT2D eigenvalue weighted by atomic mass is 16.1. The Morgan fingerprint density at radius 3 is 2.06 bits per heavy atom. The molecule has 1 N–H and O–H groups in total. The molecule has 0 spiro atoms. The molecule has 0 radical (unpaired) electrons. The number of benzene rings is 1. The molecule has 0 fully saturated rings. The first-order chi connectivity index (χ1) is 8.09. The van der Waals surface area contributed by atoms with Crippen molar-refractivity contribution in [3.05, 3.63) is 29.8 Å². The van der Waals surface area contributed by atoms with Gasteiger partial charge in [-0.05, 0) is 23.6 Å². The van der Waals surface area contributed by atoms with Crippen molar-refractivity contribution in [3.63, 3.8) is 0 Å². The fourth-order valence-corrected chi connectivity index (χ4v) is 1.18. The van der Waals surface area contributed by atoms with Gasteiger partial charge in [-0.25, -0.2) is 0 Å². The van der Waals surface area contributed by atoms with Crippen LogP contribution in [0.4, 0.5) is 5.69 Å². The van der Waals surface area contributed by atoms with Crippen molar-refractivity contribution in [3.8, 4) is 0 Å². The Bertz CT molecular complexity index is 306. The molecule has 0 aromatic heterocycles. The summed E-state index contributed by atoms with van der Waals surface area (Å²) in [6.07, 6.45) is 0. The Morgan fingerprint density at radius 2 is 1.65 bits per heavy atom. The van der Waals surface area contributed by atoms with E-state index >= 15 is 0 Å². The summed E-state index contributed by atoms with van der Waals surface area (Å²) >= 11 is 0. The molecule has 0 aliphatic rings. The quantitative estimate of drug-likeness (QED) is 0.785. The van der Waals surface area contributed by atoms with Gasteiger partial charge in [0.2, 0.25) is 5.91 Å². The smallest absolute Gasteiger partial charge is 0.221 e. The Balaban J connectivity index is 0. The van der Waals surface area contributed by atoms with E-state index in [2.05, 4.69) is 25.2 Å². The molecule has 1 rings (SSSR count). The van der Waals surface area contributed by atoms with Crippen LogP contribution < -0.4 is 5.32 Å². The van der Waals surface area contributed by atoms with Gasteiger partial charge >= 0.3 is 0 Å². The van der Waals surface area contributed by atoms with Crippen molar-refractivity contribution in [1.29, 1.82) is 0 Å². The Morgan fingerprint density at radius 1 is 1.12 bits per heavy atom. The molecular weight excluding hydrogens is 210 g/mol. The largest absolute Gasteiger partial charge is 0.326 e. The van der Waals surface area contributed by atoms with Gasteiger partial charge in [0.05, 0.1) is 0 Å². The van der Waals surface area contributed by atoms with E-state index in [0.29, 0.717) is 5.92 Å². The normalized spacial score (nSPS) is 8.47. The third-order valence-corrected chi connectivity index (χ3v) is 1.87. The van der Waals surface area contributed by atoms with E-state index in [9.17, 15) is 4.79 Å². The molecule has 0 heterocycles. The highest BCUT2D eigenvalue weighted by molar-refractivity contribution is 5.88. The zero-order chi connectivity index (χ0) is 13.8. The lowest BCUT2D eigenvalue weighted by molar-refractivity contribution is -0.114. The lowest BCUT2D eigenvalue weighted by Gasteiger charge is -2.07. The van der Waals surface area contributed by atoms with E-state index in [1.165, 1.54) is 12.5 Å². The van der Waals surface area contributed by atoms with E-state index in [0.717, 1.165) is 5.69 Å². The molecule has 1 aromatic rings. The van der Waals surface area contributed by atoms with E-state index in [4.69, 9.17) is 0 Å². The summed E-state index contributed by atoms with van der Waals surface area (Å²) in [4.78, 5) is 10.8. The van der Waals surface area contributed by atoms with E-state index in [1.807, 2.05) is 45.9 Å². The molecule has 2 heteroatoms. The van der Waals surface area contributed by atoms with Crippen molar-refractivity contribution >= 4 is 11.6 Å². The molecule has 0 saturated carbocycles. The highest BCUT2D eigenvalue weighted by Gasteiger charge is 2.00. The lowest BCUT2D eigenvalue weighted by Crippen LogP contribution is -2.05. The minimum absolute atomic E-state index is 0.0269. The van der Waals surface area contributed by atoms with Crippen LogP contribution >= 0.6 is 0 Å². The second-order valence-electron chi connectivity index (χ2n) is 3.46. The summed E-state index contributed by atoms with van der Waals surface area (Å²) in [6.45, 7) is 13.8. The van der Waals surface area contributed by atoms with Gasteiger partial charge < -0.3 is 5.32 Å². The number of rotatable bonds is 2. The molecule has 0 bridgehead atoms. The maximum atomic E-state index is 10.8. The zero-order valence-corrected chi connectivity index (χ0v) is 12.3. The molecule has 0 unspecified atom stereocenters. The first-order valence-corrected chi connectivity index (χ1v) is 6.47. The molecule has 98 valence electrons. The van der Waals surface area contributed by atoms with Crippen LogP contribution in [0, 0.1) is 0 Å². The fourth-order valence-electron chi connectivity index (χ4n) is 1.18. The minimum Gasteiger partial charge on any atom is -0.326 e. The van der Waals surface area contributed by atoms with Crippen molar-refractivity contribution in [1.82, 2.24) is 0 Å². The van der Waals surface area contributed by atoms with Gasteiger partial charge in [-0.1, -0.05) is 53.7 Å². The van der Waals surface area contributed by atoms with Crippen molar-refractivity contribution < 1.29 is 4.79 Å². The molecule has 0 aliphatic heterocycles. The van der Waals surface area contributed by atoms with E-state index in [1.54, 1.807) is 0 Å². The number of carbonyl (C=O) groups is 1. The van der Waals surface area contributed by atoms with Crippen LogP contribution in [0.3, 0.4) is 0 Å². The first kappa shape index (κ1) is 18.1. The van der Waals surface area contributed by atoms with Gasteiger partial charge in [-0.15, -0.1) is 0 Å². The first-order valence-electron chi connectivity index (χ1n) is 6.47. The number of hydrogen-bond donors (Lipinski definition) is 1. The molecule has 0 saturated heterocycles. The third-order valence-electron chi connectivity index (χ3n) is 1.87. The maximum Gasteiger partial charge on any atom is 0.221 e. The number of nitrogens with one attached hydrogen (secondary N) is 1. The van der Waals surface area contributed by atoms with Gasteiger partial charge in [0.25, 0.3) is 0 Å². The summed E-state index contributed by atoms with van der Waals surface area (Å²) in [5.74, 6) is 0.467. The lowest BCUT2D eigenvalue weighted by atomic mass is 10.0. The van der Waals surface area contributed by atoms with Gasteiger partial charge in [0, 0.05) is 12.6 Å². The molecule has 1 amide bonds. The Hall–Kier alpha value is -1.31. The van der Waals surface area contributed by atoms with Crippen LogP contribution in [-0.4, -0.2) is 5.91 Å². The third kappa shape index (κ3) is 8.49. The predicted octanol–water partition coefficient (Wildman–Crippen LogP) is 4.82. The van der Waals surface area contributed by atoms with Crippen LogP contribution in [0.1, 0.15) is 59.9 Å². The fraction of sp³-hybridized carbons (Fsp3) is 0.533.